The normalized spacial score (nSPS) is 15.1. The number of hydrogen-bond donors (Lipinski definition) is 2. The van der Waals surface area contributed by atoms with E-state index >= 15 is 0 Å². The van der Waals surface area contributed by atoms with Crippen LogP contribution < -0.4 is 20.4 Å². The zero-order valence-corrected chi connectivity index (χ0v) is 41.8. The molecule has 2 aliphatic rings. The first-order chi connectivity index (χ1) is 32.3. The van der Waals surface area contributed by atoms with E-state index in [0.717, 1.165) is 45.4 Å². The van der Waals surface area contributed by atoms with Gasteiger partial charge in [0.15, 0.2) is 0 Å². The molecule has 4 heterocycles. The molecule has 0 spiro atoms. The van der Waals surface area contributed by atoms with Gasteiger partial charge in [-0.2, -0.15) is 21.8 Å². The first-order valence-corrected chi connectivity index (χ1v) is 26.7. The molecular weight excluding hydrogens is 1050 g/mol. The molecule has 2 saturated heterocycles. The minimum Gasteiger partial charge on any atom is -0.369 e. The van der Waals surface area contributed by atoms with Gasteiger partial charge in [-0.15, -0.1) is 22.7 Å². The number of sulfonamides is 2. The van der Waals surface area contributed by atoms with Crippen molar-refractivity contribution in [3.63, 3.8) is 0 Å². The largest absolute Gasteiger partial charge is 0.416 e. The second kappa shape index (κ2) is 22.1. The Morgan fingerprint density at radius 1 is 0.529 bits per heavy atom. The number of nitrogens with zero attached hydrogens (tertiary/aromatic N) is 4. The van der Waals surface area contributed by atoms with Crippen LogP contribution in [-0.2, 0) is 39.3 Å². The number of hydrogen-bond acceptors (Lipinski definition) is 10. The molecule has 6 aromatic rings. The highest BCUT2D eigenvalue weighted by Gasteiger charge is 2.34. The molecule has 2 aliphatic heterocycles. The highest BCUT2D eigenvalue weighted by molar-refractivity contribution is 7.91. The van der Waals surface area contributed by atoms with Gasteiger partial charge >= 0.3 is 6.18 Å². The summed E-state index contributed by atoms with van der Waals surface area (Å²) in [6, 6.07) is 29.9. The summed E-state index contributed by atoms with van der Waals surface area (Å²) in [7, 11) is -7.36. The van der Waals surface area contributed by atoms with Crippen LogP contribution in [0.2, 0.25) is 20.1 Å². The van der Waals surface area contributed by atoms with Crippen LogP contribution in [0.25, 0.3) is 0 Å². The van der Waals surface area contributed by atoms with E-state index in [-0.39, 0.29) is 59.5 Å². The lowest BCUT2D eigenvalue weighted by Gasteiger charge is -2.35. The Labute approximate surface area is 419 Å². The van der Waals surface area contributed by atoms with E-state index in [4.69, 9.17) is 46.4 Å². The van der Waals surface area contributed by atoms with Crippen molar-refractivity contribution in [1.82, 2.24) is 19.2 Å². The van der Waals surface area contributed by atoms with E-state index in [1.165, 1.54) is 20.7 Å². The van der Waals surface area contributed by atoms with Crippen LogP contribution in [-0.4, -0.2) is 89.6 Å². The van der Waals surface area contributed by atoms with E-state index in [2.05, 4.69) is 15.5 Å². The third-order valence-electron chi connectivity index (χ3n) is 10.8. The van der Waals surface area contributed by atoms with E-state index in [0.29, 0.717) is 68.0 Å². The molecule has 0 unspecified atom stereocenters. The zero-order chi connectivity index (χ0) is 48.8. The molecule has 12 nitrogen and oxygen atoms in total. The number of carbonyl (C=O) groups excluding carboxylic acids is 2. The fourth-order valence-electron chi connectivity index (χ4n) is 7.11. The Morgan fingerprint density at radius 3 is 1.37 bits per heavy atom. The summed E-state index contributed by atoms with van der Waals surface area (Å²) in [5.41, 5.74) is 1.52. The van der Waals surface area contributed by atoms with Crippen molar-refractivity contribution in [2.45, 2.75) is 27.7 Å². The Morgan fingerprint density at radius 2 is 0.956 bits per heavy atom. The molecule has 2 amide bonds. The van der Waals surface area contributed by atoms with Gasteiger partial charge in [-0.25, -0.2) is 16.8 Å². The van der Waals surface area contributed by atoms with Gasteiger partial charge in [0.25, 0.3) is 31.9 Å². The molecule has 4 aromatic carbocycles. The van der Waals surface area contributed by atoms with Crippen molar-refractivity contribution in [3.8, 4) is 0 Å². The molecule has 0 bridgehead atoms. The third-order valence-corrected chi connectivity index (χ3v) is 19.0. The summed E-state index contributed by atoms with van der Waals surface area (Å²) in [6.07, 6.45) is -4.44. The fraction of sp³-hybridized carbons (Fsp3) is 0.244. The number of thiophene rings is 2. The highest BCUT2D eigenvalue weighted by atomic mass is 35.5. The first-order valence-electron chi connectivity index (χ1n) is 20.7. The number of alkyl halides is 3. The second-order valence-electron chi connectivity index (χ2n) is 15.2. The Hall–Kier alpha value is -4.41. The van der Waals surface area contributed by atoms with Crippen molar-refractivity contribution in [2.24, 2.45) is 0 Å². The van der Waals surface area contributed by atoms with Crippen molar-refractivity contribution in [3.05, 3.63) is 162 Å². The van der Waals surface area contributed by atoms with Gasteiger partial charge in [0, 0.05) is 94.7 Å². The van der Waals surface area contributed by atoms with Crippen LogP contribution >= 0.6 is 69.1 Å². The average molecular weight is 1090 g/mol. The molecular formula is C45H41Cl4F3N6O6S4. The summed E-state index contributed by atoms with van der Waals surface area (Å²) in [5, 5.41) is 7.58. The molecule has 2 N–H and O–H groups in total. The van der Waals surface area contributed by atoms with Crippen LogP contribution in [0, 0.1) is 0 Å². The topological polar surface area (TPSA) is 139 Å². The minimum atomic E-state index is -4.44. The Balaban J connectivity index is 0.000000202. The predicted molar refractivity (Wildman–Crippen MR) is 264 cm³/mol. The summed E-state index contributed by atoms with van der Waals surface area (Å²) in [4.78, 5) is 29.8. The SMILES string of the molecule is O=C(NCc1ccc(S(=O)(=O)N2CCN(c3ccc(Cl)c(Cl)c3)CC2)s1)c1ccc(Cl)cc1.O=C(NCc1ccc(S(=O)(=O)N2CCN(c3cccc(C(F)(F)F)c3)CC2)s1)c1ccc(Cl)cc1. The predicted octanol–water partition coefficient (Wildman–Crippen LogP) is 10.0. The number of benzene rings is 4. The van der Waals surface area contributed by atoms with Crippen molar-refractivity contribution < 1.29 is 39.6 Å². The lowest BCUT2D eigenvalue weighted by molar-refractivity contribution is -0.137. The molecule has 8 rings (SSSR count). The van der Waals surface area contributed by atoms with E-state index < -0.39 is 31.8 Å². The summed E-state index contributed by atoms with van der Waals surface area (Å²) < 4.78 is 94.7. The molecule has 360 valence electrons. The second-order valence-corrected chi connectivity index (χ2v) is 23.6. The highest BCUT2D eigenvalue weighted by Crippen LogP contribution is 2.34. The van der Waals surface area contributed by atoms with Crippen molar-refractivity contribution in [1.29, 1.82) is 0 Å². The van der Waals surface area contributed by atoms with Crippen molar-refractivity contribution in [2.75, 3.05) is 62.2 Å². The average Bonchev–Trinajstić information content (AvgIpc) is 4.03. The molecule has 23 heteroatoms. The molecule has 2 aromatic heterocycles. The molecule has 68 heavy (non-hydrogen) atoms. The smallest absolute Gasteiger partial charge is 0.369 e. The quantitative estimate of drug-likeness (QED) is 0.124. The maximum absolute atomic E-state index is 13.1. The van der Waals surface area contributed by atoms with E-state index in [1.807, 2.05) is 6.07 Å². The van der Waals surface area contributed by atoms with Crippen molar-refractivity contribution >= 4 is 112 Å². The van der Waals surface area contributed by atoms with Crippen LogP contribution in [0.4, 0.5) is 24.5 Å². The van der Waals surface area contributed by atoms with Gasteiger partial charge < -0.3 is 20.4 Å². The number of piperazine rings is 2. The van der Waals surface area contributed by atoms with Gasteiger partial charge in [-0.1, -0.05) is 52.5 Å². The molecule has 0 atom stereocenters. The number of rotatable bonds is 12. The van der Waals surface area contributed by atoms with Crippen LogP contribution in [0.3, 0.4) is 0 Å². The maximum Gasteiger partial charge on any atom is 0.416 e. The molecule has 0 radical (unpaired) electrons. The van der Waals surface area contributed by atoms with Gasteiger partial charge in [0.2, 0.25) is 0 Å². The van der Waals surface area contributed by atoms with Gasteiger partial charge in [0.1, 0.15) is 8.42 Å². The lowest BCUT2D eigenvalue weighted by atomic mass is 10.1. The molecule has 0 aliphatic carbocycles. The van der Waals surface area contributed by atoms with E-state index in [9.17, 15) is 39.6 Å². The van der Waals surface area contributed by atoms with Gasteiger partial charge in [0.05, 0.1) is 28.7 Å². The summed E-state index contributed by atoms with van der Waals surface area (Å²) in [5.74, 6) is -0.548. The summed E-state index contributed by atoms with van der Waals surface area (Å²) in [6.45, 7) is 3.09. The van der Waals surface area contributed by atoms with Crippen LogP contribution in [0.15, 0.2) is 124 Å². The molecule has 0 saturated carbocycles. The number of amides is 2. The Bertz CT molecular complexity index is 2960. The maximum atomic E-state index is 13.1. The monoisotopic (exact) mass is 1090 g/mol. The van der Waals surface area contributed by atoms with Gasteiger partial charge in [-0.05, 0) is 109 Å². The minimum absolute atomic E-state index is 0.152. The molecule has 2 fully saturated rings. The number of nitrogens with one attached hydrogen (secondary N) is 2. The van der Waals surface area contributed by atoms with Crippen LogP contribution in [0.5, 0.6) is 0 Å². The lowest BCUT2D eigenvalue weighted by Crippen LogP contribution is -2.48. The standard InChI is InChI=1S/C23H21ClF3N3O3S2.C22H20Cl3N3O3S2/c24-18-6-4-16(5-7-18)22(31)28-15-20-8-9-21(34-20)35(32,33)30-12-10-29(11-13-30)19-3-1-2-17(14-19)23(25,26)27;23-16-3-1-15(2-4-16)22(29)26-14-18-6-8-21(32-18)33(30,31)28-11-9-27(10-12-28)17-5-7-19(24)20(25)13-17/h1-9,14H,10-13,15H2,(H,28,31);1-8,13H,9-12,14H2,(H,26,29). The fourth-order valence-corrected chi connectivity index (χ4v) is 13.4. The van der Waals surface area contributed by atoms with Crippen LogP contribution in [0.1, 0.15) is 36.0 Å². The zero-order valence-electron chi connectivity index (χ0n) is 35.6. The van der Waals surface area contributed by atoms with E-state index in [1.54, 1.807) is 89.8 Å². The number of anilines is 2. The third kappa shape index (κ3) is 12.9. The van der Waals surface area contributed by atoms with Gasteiger partial charge in [-0.3, -0.25) is 9.59 Å². The number of carbonyl (C=O) groups is 2. The Kier molecular flexibility index (Phi) is 16.7. The summed E-state index contributed by atoms with van der Waals surface area (Å²) >= 11 is 26.0. The number of halogens is 7. The first kappa shape index (κ1) is 51.4.